The Bertz CT molecular complexity index is 606. The lowest BCUT2D eigenvalue weighted by atomic mass is 10.2. The molecule has 1 rings (SSSR count). The van der Waals surface area contributed by atoms with E-state index in [4.69, 9.17) is 4.43 Å². The van der Waals surface area contributed by atoms with Crippen molar-refractivity contribution in [2.75, 3.05) is 13.2 Å². The van der Waals surface area contributed by atoms with E-state index in [9.17, 15) is 13.5 Å². The Morgan fingerprint density at radius 1 is 1.22 bits per heavy atom. The van der Waals surface area contributed by atoms with Crippen LogP contribution in [0.1, 0.15) is 26.3 Å². The molecule has 0 spiro atoms. The molecule has 1 aromatic carbocycles. The molecule has 0 aliphatic heterocycles. The summed E-state index contributed by atoms with van der Waals surface area (Å²) in [6, 6.07) is 6.59. The molecule has 0 aromatic heterocycles. The summed E-state index contributed by atoms with van der Waals surface area (Å²) in [6.45, 7) is 12.5. The average Bonchev–Trinajstić information content (AvgIpc) is 2.42. The van der Waals surface area contributed by atoms with Crippen molar-refractivity contribution in [3.63, 3.8) is 0 Å². The molecule has 23 heavy (non-hydrogen) atoms. The number of hydrogen-bond acceptors (Lipinski definition) is 4. The second-order valence-corrected chi connectivity index (χ2v) is 14.0. The second-order valence-electron chi connectivity index (χ2n) is 7.39. The van der Waals surface area contributed by atoms with E-state index < -0.39 is 24.4 Å². The standard InChI is InChI=1S/C16H29NO4SSi/c1-13-7-9-15(10-8-13)22(19,20)17-11-14(18)12-21-23(5,6)16(2,3)4/h7-10,14,17-18H,11-12H2,1-6H3. The molecule has 1 atom stereocenters. The first-order valence-corrected chi connectivity index (χ1v) is 12.1. The predicted octanol–water partition coefficient (Wildman–Crippen LogP) is 2.66. The van der Waals surface area contributed by atoms with E-state index in [1.165, 1.54) is 0 Å². The van der Waals surface area contributed by atoms with Crippen molar-refractivity contribution in [3.8, 4) is 0 Å². The van der Waals surface area contributed by atoms with Gasteiger partial charge in [-0.2, -0.15) is 0 Å². The van der Waals surface area contributed by atoms with Gasteiger partial charge in [-0.3, -0.25) is 0 Å². The van der Waals surface area contributed by atoms with Crippen LogP contribution in [0.3, 0.4) is 0 Å². The van der Waals surface area contributed by atoms with E-state index in [0.29, 0.717) is 0 Å². The molecule has 0 radical (unpaired) electrons. The molecule has 0 fully saturated rings. The van der Waals surface area contributed by atoms with Gasteiger partial charge in [0.05, 0.1) is 17.6 Å². The fourth-order valence-corrected chi connectivity index (χ4v) is 3.70. The molecule has 0 heterocycles. The van der Waals surface area contributed by atoms with Gasteiger partial charge in [0.15, 0.2) is 8.32 Å². The zero-order valence-electron chi connectivity index (χ0n) is 14.9. The Balaban J connectivity index is 2.56. The zero-order chi connectivity index (χ0) is 17.9. The third-order valence-electron chi connectivity index (χ3n) is 4.28. The maximum absolute atomic E-state index is 12.2. The fraction of sp³-hybridized carbons (Fsp3) is 0.625. The third-order valence-corrected chi connectivity index (χ3v) is 10.2. The van der Waals surface area contributed by atoms with E-state index in [2.05, 4.69) is 38.6 Å². The van der Waals surface area contributed by atoms with Crippen molar-refractivity contribution in [2.45, 2.75) is 56.8 Å². The van der Waals surface area contributed by atoms with Gasteiger partial charge in [-0.05, 0) is 37.2 Å². The Hall–Kier alpha value is -0.733. The van der Waals surface area contributed by atoms with Crippen LogP contribution in [0.15, 0.2) is 29.2 Å². The number of sulfonamides is 1. The van der Waals surface area contributed by atoms with Crippen molar-refractivity contribution in [2.24, 2.45) is 0 Å². The van der Waals surface area contributed by atoms with Crippen LogP contribution in [0, 0.1) is 6.92 Å². The number of benzene rings is 1. The zero-order valence-corrected chi connectivity index (χ0v) is 16.7. The molecule has 0 amide bonds. The van der Waals surface area contributed by atoms with Crippen molar-refractivity contribution >= 4 is 18.3 Å². The fourth-order valence-electron chi connectivity index (χ4n) is 1.59. The summed E-state index contributed by atoms with van der Waals surface area (Å²) in [5, 5.41) is 10.1. The summed E-state index contributed by atoms with van der Waals surface area (Å²) in [5.74, 6) is 0. The summed E-state index contributed by atoms with van der Waals surface area (Å²) in [4.78, 5) is 0.195. The van der Waals surface area contributed by atoms with E-state index in [1.807, 2.05) is 6.92 Å². The molecule has 0 aliphatic rings. The first-order chi connectivity index (χ1) is 10.3. The summed E-state index contributed by atoms with van der Waals surface area (Å²) in [7, 11) is -5.56. The summed E-state index contributed by atoms with van der Waals surface area (Å²) < 4.78 is 32.6. The lowest BCUT2D eigenvalue weighted by Gasteiger charge is -2.36. The maximum Gasteiger partial charge on any atom is 0.240 e. The molecule has 132 valence electrons. The number of aryl methyl sites for hydroxylation is 1. The first kappa shape index (κ1) is 20.3. The number of aliphatic hydroxyl groups is 1. The topological polar surface area (TPSA) is 75.6 Å². The average molecular weight is 360 g/mol. The van der Waals surface area contributed by atoms with Crippen LogP contribution in [0.25, 0.3) is 0 Å². The second kappa shape index (κ2) is 7.44. The molecule has 1 unspecified atom stereocenters. The highest BCUT2D eigenvalue weighted by Gasteiger charge is 2.37. The van der Waals surface area contributed by atoms with Gasteiger partial charge in [-0.25, -0.2) is 13.1 Å². The van der Waals surface area contributed by atoms with Crippen LogP contribution in [0.4, 0.5) is 0 Å². The number of hydrogen-bond donors (Lipinski definition) is 2. The maximum atomic E-state index is 12.2. The van der Waals surface area contributed by atoms with Gasteiger partial charge >= 0.3 is 0 Å². The first-order valence-electron chi connectivity index (χ1n) is 7.73. The molecular weight excluding hydrogens is 330 g/mol. The van der Waals surface area contributed by atoms with Gasteiger partial charge in [-0.15, -0.1) is 0 Å². The molecule has 1 aromatic rings. The van der Waals surface area contributed by atoms with Crippen LogP contribution in [-0.2, 0) is 14.4 Å². The molecule has 2 N–H and O–H groups in total. The van der Waals surface area contributed by atoms with Crippen molar-refractivity contribution < 1.29 is 18.0 Å². The Labute approximate surface area is 141 Å². The van der Waals surface area contributed by atoms with Crippen molar-refractivity contribution in [1.82, 2.24) is 4.72 Å². The van der Waals surface area contributed by atoms with E-state index in [-0.39, 0.29) is 23.1 Å². The molecule has 0 saturated carbocycles. The van der Waals surface area contributed by atoms with Crippen molar-refractivity contribution in [1.29, 1.82) is 0 Å². The monoisotopic (exact) mass is 359 g/mol. The highest BCUT2D eigenvalue weighted by Crippen LogP contribution is 2.36. The van der Waals surface area contributed by atoms with Crippen LogP contribution in [0.2, 0.25) is 18.1 Å². The molecule has 5 nitrogen and oxygen atoms in total. The Morgan fingerprint density at radius 3 is 2.22 bits per heavy atom. The van der Waals surface area contributed by atoms with Gasteiger partial charge < -0.3 is 9.53 Å². The van der Waals surface area contributed by atoms with Crippen LogP contribution >= 0.6 is 0 Å². The van der Waals surface area contributed by atoms with Gasteiger partial charge in [0.1, 0.15) is 0 Å². The summed E-state index contributed by atoms with van der Waals surface area (Å²) in [5.41, 5.74) is 0.992. The molecule has 0 bridgehead atoms. The minimum absolute atomic E-state index is 0.0497. The Morgan fingerprint density at radius 2 is 1.74 bits per heavy atom. The van der Waals surface area contributed by atoms with Gasteiger partial charge in [0.25, 0.3) is 0 Å². The molecule has 0 aliphatic carbocycles. The largest absolute Gasteiger partial charge is 0.414 e. The minimum Gasteiger partial charge on any atom is -0.414 e. The molecular formula is C16H29NO4SSi. The van der Waals surface area contributed by atoms with E-state index in [0.717, 1.165) is 5.56 Å². The number of rotatable bonds is 7. The third kappa shape index (κ3) is 6.00. The summed E-state index contributed by atoms with van der Waals surface area (Å²) >= 11 is 0. The predicted molar refractivity (Wildman–Crippen MR) is 95.5 cm³/mol. The highest BCUT2D eigenvalue weighted by atomic mass is 32.2. The van der Waals surface area contributed by atoms with Crippen molar-refractivity contribution in [3.05, 3.63) is 29.8 Å². The molecule has 0 saturated heterocycles. The minimum atomic E-state index is -3.61. The Kier molecular flexibility index (Phi) is 6.57. The normalized spacial score (nSPS) is 14.7. The van der Waals surface area contributed by atoms with E-state index >= 15 is 0 Å². The number of nitrogens with one attached hydrogen (secondary N) is 1. The van der Waals surface area contributed by atoms with Crippen LogP contribution < -0.4 is 4.72 Å². The smallest absolute Gasteiger partial charge is 0.240 e. The quantitative estimate of drug-likeness (QED) is 0.734. The highest BCUT2D eigenvalue weighted by molar-refractivity contribution is 7.89. The summed E-state index contributed by atoms with van der Waals surface area (Å²) in [6.07, 6.45) is -0.871. The van der Waals surface area contributed by atoms with Gasteiger partial charge in [0, 0.05) is 6.54 Å². The van der Waals surface area contributed by atoms with Crippen LogP contribution in [-0.4, -0.2) is 41.1 Å². The molecule has 7 heteroatoms. The van der Waals surface area contributed by atoms with Gasteiger partial charge in [-0.1, -0.05) is 38.5 Å². The lowest BCUT2D eigenvalue weighted by molar-refractivity contribution is 0.103. The van der Waals surface area contributed by atoms with E-state index in [1.54, 1.807) is 24.3 Å². The SMILES string of the molecule is Cc1ccc(S(=O)(=O)NCC(O)CO[Si](C)(C)C(C)(C)C)cc1. The van der Waals surface area contributed by atoms with Gasteiger partial charge in [0.2, 0.25) is 10.0 Å². The number of aliphatic hydroxyl groups excluding tert-OH is 1. The van der Waals surface area contributed by atoms with Crippen LogP contribution in [0.5, 0.6) is 0 Å². The lowest BCUT2D eigenvalue weighted by Crippen LogP contribution is -2.44.